The second-order valence-electron chi connectivity index (χ2n) is 10.2. The van der Waals surface area contributed by atoms with Crippen LogP contribution in [0.2, 0.25) is 0 Å². The Hall–Kier alpha value is -2.58. The van der Waals surface area contributed by atoms with Crippen molar-refractivity contribution >= 4 is 62.2 Å². The maximum absolute atomic E-state index is 13.1. The van der Waals surface area contributed by atoms with Gasteiger partial charge in [-0.2, -0.15) is 0 Å². The number of anilines is 2. The Morgan fingerprint density at radius 2 is 1.92 bits per heavy atom. The molecule has 3 amide bonds. The quantitative estimate of drug-likeness (QED) is 0.382. The first-order valence-electron chi connectivity index (χ1n) is 12.2. The minimum atomic E-state index is -0.435. The van der Waals surface area contributed by atoms with Gasteiger partial charge in [-0.3, -0.25) is 19.3 Å². The van der Waals surface area contributed by atoms with Crippen molar-refractivity contribution < 1.29 is 14.4 Å². The molecule has 1 unspecified atom stereocenters. The van der Waals surface area contributed by atoms with Crippen LogP contribution in [0.5, 0.6) is 0 Å². The molecule has 0 saturated carbocycles. The van der Waals surface area contributed by atoms with Gasteiger partial charge < -0.3 is 10.2 Å². The second-order valence-corrected chi connectivity index (χ2v) is 12.1. The number of hydrogen-bond acceptors (Lipinski definition) is 5. The van der Waals surface area contributed by atoms with Crippen LogP contribution >= 0.6 is 27.7 Å². The summed E-state index contributed by atoms with van der Waals surface area (Å²) in [5.74, 6) is -0.471. The molecule has 0 aliphatic carbocycles. The highest BCUT2D eigenvalue weighted by atomic mass is 79.9. The van der Waals surface area contributed by atoms with E-state index in [1.165, 1.54) is 11.3 Å². The maximum atomic E-state index is 13.1. The van der Waals surface area contributed by atoms with Crippen LogP contribution in [0, 0.1) is 6.92 Å². The molecule has 2 aliphatic rings. The number of nitrogens with zero attached hydrogens (tertiary/aromatic N) is 2. The van der Waals surface area contributed by atoms with E-state index in [0.717, 1.165) is 51.6 Å². The number of thioether (sulfide) groups is 1. The molecule has 0 radical (unpaired) electrons. The number of imide groups is 1. The largest absolute Gasteiger partial charge is 0.366 e. The second kappa shape index (κ2) is 10.4. The molecule has 8 heteroatoms. The zero-order valence-corrected chi connectivity index (χ0v) is 23.8. The summed E-state index contributed by atoms with van der Waals surface area (Å²) in [5.41, 5.74) is 5.20. The van der Waals surface area contributed by atoms with Gasteiger partial charge in [0.05, 0.1) is 4.91 Å². The molecule has 0 aromatic heterocycles. The lowest BCUT2D eigenvalue weighted by Gasteiger charge is -2.48. The fourth-order valence-corrected chi connectivity index (χ4v) is 6.20. The smallest absolute Gasteiger partial charge is 0.294 e. The first-order chi connectivity index (χ1) is 17.0. The number of benzene rings is 2. The number of nitrogens with one attached hydrogen (secondary N) is 1. The van der Waals surface area contributed by atoms with Crippen LogP contribution in [0.4, 0.5) is 16.2 Å². The summed E-state index contributed by atoms with van der Waals surface area (Å²) in [4.78, 5) is 42.0. The van der Waals surface area contributed by atoms with E-state index in [9.17, 15) is 14.4 Å². The van der Waals surface area contributed by atoms with Crippen molar-refractivity contribution in [3.63, 3.8) is 0 Å². The molecule has 0 spiro atoms. The van der Waals surface area contributed by atoms with Gasteiger partial charge in [-0.25, -0.2) is 0 Å². The highest BCUT2D eigenvalue weighted by Crippen LogP contribution is 2.45. The minimum Gasteiger partial charge on any atom is -0.366 e. The standard InChI is InChI=1S/C28H32BrN3O3S/c1-6-11-32-23-12-17(2)19(13-22(23)18(3)15-28(32,4)5)14-24-26(34)31(27(35)36-24)16-25(33)30-21-9-7-20(29)8-10-21/h7-10,12-14,18H,6,11,15-16H2,1-5H3,(H,30,33)/b24-14+. The highest BCUT2D eigenvalue weighted by molar-refractivity contribution is 9.10. The molecule has 2 aromatic carbocycles. The van der Waals surface area contributed by atoms with E-state index in [1.807, 2.05) is 19.1 Å². The third-order valence-electron chi connectivity index (χ3n) is 6.81. The Kier molecular flexibility index (Phi) is 7.67. The Labute approximate surface area is 225 Å². The molecule has 1 fully saturated rings. The Bertz CT molecular complexity index is 1240. The summed E-state index contributed by atoms with van der Waals surface area (Å²) in [6.45, 7) is 11.8. The molecule has 1 N–H and O–H groups in total. The summed E-state index contributed by atoms with van der Waals surface area (Å²) in [6.07, 6.45) is 3.91. The molecule has 0 bridgehead atoms. The Balaban J connectivity index is 1.55. The number of carbonyl (C=O) groups excluding carboxylic acids is 3. The van der Waals surface area contributed by atoms with Crippen LogP contribution in [0.1, 0.15) is 63.1 Å². The lowest BCUT2D eigenvalue weighted by atomic mass is 9.79. The normalized spacial score (nSPS) is 20.2. The van der Waals surface area contributed by atoms with E-state index < -0.39 is 17.1 Å². The molecule has 2 heterocycles. The molecule has 2 aromatic rings. The van der Waals surface area contributed by atoms with Gasteiger partial charge in [0.15, 0.2) is 0 Å². The van der Waals surface area contributed by atoms with Crippen LogP contribution in [-0.4, -0.2) is 40.6 Å². The van der Waals surface area contributed by atoms with Crippen molar-refractivity contribution in [2.45, 2.75) is 58.9 Å². The molecule has 2 aliphatic heterocycles. The fourth-order valence-electron chi connectivity index (χ4n) is 5.11. The number of halogens is 1. The van der Waals surface area contributed by atoms with Gasteiger partial charge in [0.25, 0.3) is 11.1 Å². The average Bonchev–Trinajstić information content (AvgIpc) is 3.06. The van der Waals surface area contributed by atoms with Gasteiger partial charge in [-0.1, -0.05) is 29.8 Å². The summed E-state index contributed by atoms with van der Waals surface area (Å²) in [6, 6.07) is 11.5. The number of amides is 3. The number of carbonyl (C=O) groups is 3. The topological polar surface area (TPSA) is 69.7 Å². The molecule has 36 heavy (non-hydrogen) atoms. The van der Waals surface area contributed by atoms with Crippen molar-refractivity contribution in [2.75, 3.05) is 23.3 Å². The SMILES string of the molecule is CCCN1c2cc(C)c(/C=C3/SC(=O)N(CC(=O)Nc4ccc(Br)cc4)C3=O)cc2C(C)CC1(C)C. The van der Waals surface area contributed by atoms with E-state index in [4.69, 9.17) is 0 Å². The minimum absolute atomic E-state index is 0.0792. The highest BCUT2D eigenvalue weighted by Gasteiger charge is 2.38. The molecule has 4 rings (SSSR count). The molecule has 190 valence electrons. The predicted octanol–water partition coefficient (Wildman–Crippen LogP) is 6.93. The number of hydrogen-bond donors (Lipinski definition) is 1. The van der Waals surface area contributed by atoms with Crippen LogP contribution < -0.4 is 10.2 Å². The van der Waals surface area contributed by atoms with Crippen LogP contribution in [0.3, 0.4) is 0 Å². The van der Waals surface area contributed by atoms with Gasteiger partial charge in [0.1, 0.15) is 6.54 Å². The first kappa shape index (κ1) is 26.5. The number of rotatable bonds is 6. The molecule has 1 saturated heterocycles. The zero-order chi connectivity index (χ0) is 26.2. The van der Waals surface area contributed by atoms with E-state index in [0.29, 0.717) is 16.5 Å². The van der Waals surface area contributed by atoms with Crippen molar-refractivity contribution in [3.8, 4) is 0 Å². The van der Waals surface area contributed by atoms with Gasteiger partial charge in [0.2, 0.25) is 5.91 Å². The Morgan fingerprint density at radius 1 is 1.22 bits per heavy atom. The third-order valence-corrected chi connectivity index (χ3v) is 8.25. The number of aryl methyl sites for hydroxylation is 1. The summed E-state index contributed by atoms with van der Waals surface area (Å²) < 4.78 is 0.894. The lowest BCUT2D eigenvalue weighted by Crippen LogP contribution is -2.48. The van der Waals surface area contributed by atoms with Crippen LogP contribution in [-0.2, 0) is 9.59 Å². The lowest BCUT2D eigenvalue weighted by molar-refractivity contribution is -0.127. The van der Waals surface area contributed by atoms with Gasteiger partial charge in [-0.15, -0.1) is 0 Å². The van der Waals surface area contributed by atoms with Gasteiger partial charge >= 0.3 is 0 Å². The zero-order valence-electron chi connectivity index (χ0n) is 21.4. The molecular weight excluding hydrogens is 538 g/mol. The Morgan fingerprint density at radius 3 is 2.58 bits per heavy atom. The monoisotopic (exact) mass is 569 g/mol. The number of fused-ring (bicyclic) bond motifs is 1. The molecule has 1 atom stereocenters. The average molecular weight is 571 g/mol. The summed E-state index contributed by atoms with van der Waals surface area (Å²) in [7, 11) is 0. The summed E-state index contributed by atoms with van der Waals surface area (Å²) >= 11 is 4.24. The van der Waals surface area contributed by atoms with Crippen molar-refractivity contribution in [2.24, 2.45) is 0 Å². The van der Waals surface area contributed by atoms with E-state index in [-0.39, 0.29) is 12.1 Å². The predicted molar refractivity (Wildman–Crippen MR) is 151 cm³/mol. The van der Waals surface area contributed by atoms with Crippen molar-refractivity contribution in [1.29, 1.82) is 0 Å². The van der Waals surface area contributed by atoms with E-state index in [1.54, 1.807) is 18.2 Å². The van der Waals surface area contributed by atoms with Gasteiger partial charge in [-0.05, 0) is 110 Å². The van der Waals surface area contributed by atoms with Crippen molar-refractivity contribution in [1.82, 2.24) is 4.90 Å². The van der Waals surface area contributed by atoms with Crippen molar-refractivity contribution in [3.05, 3.63) is 62.5 Å². The van der Waals surface area contributed by atoms with Crippen LogP contribution in [0.15, 0.2) is 45.8 Å². The fraction of sp³-hybridized carbons (Fsp3) is 0.393. The third kappa shape index (κ3) is 5.39. The maximum Gasteiger partial charge on any atom is 0.294 e. The van der Waals surface area contributed by atoms with E-state index >= 15 is 0 Å². The van der Waals surface area contributed by atoms with Gasteiger partial charge in [0, 0.05) is 27.9 Å². The molecule has 6 nitrogen and oxygen atoms in total. The van der Waals surface area contributed by atoms with E-state index in [2.05, 4.69) is 66.0 Å². The molecular formula is C28H32BrN3O3S. The summed E-state index contributed by atoms with van der Waals surface area (Å²) in [5, 5.41) is 2.30. The first-order valence-corrected chi connectivity index (χ1v) is 13.8. The van der Waals surface area contributed by atoms with Crippen LogP contribution in [0.25, 0.3) is 6.08 Å².